The van der Waals surface area contributed by atoms with Crippen LogP contribution in [0.25, 0.3) is 0 Å². The number of piperidine rings is 1. The first-order valence-corrected chi connectivity index (χ1v) is 8.96. The van der Waals surface area contributed by atoms with Crippen LogP contribution in [0.5, 0.6) is 0 Å². The van der Waals surface area contributed by atoms with Gasteiger partial charge in [-0.1, -0.05) is 44.2 Å². The van der Waals surface area contributed by atoms with Crippen molar-refractivity contribution in [3.8, 4) is 0 Å². The van der Waals surface area contributed by atoms with E-state index in [1.165, 1.54) is 18.4 Å². The van der Waals surface area contributed by atoms with E-state index < -0.39 is 0 Å². The highest BCUT2D eigenvalue weighted by molar-refractivity contribution is 5.81. The molecule has 2 heteroatoms. The lowest BCUT2D eigenvalue weighted by molar-refractivity contribution is -0.125. The number of carbonyl (C=O) groups excluding carboxylic acids is 1. The fourth-order valence-corrected chi connectivity index (χ4v) is 4.22. The van der Waals surface area contributed by atoms with E-state index >= 15 is 0 Å². The summed E-state index contributed by atoms with van der Waals surface area (Å²) in [6.45, 7) is 5.47. The van der Waals surface area contributed by atoms with Gasteiger partial charge in [-0.15, -0.1) is 0 Å². The van der Waals surface area contributed by atoms with E-state index in [9.17, 15) is 4.79 Å². The van der Waals surface area contributed by atoms with Crippen molar-refractivity contribution in [3.63, 3.8) is 0 Å². The molecule has 0 aliphatic carbocycles. The Morgan fingerprint density at radius 3 is 2.36 bits per heavy atom. The number of hydrogen-bond donors (Lipinski definition) is 0. The minimum absolute atomic E-state index is 0.336. The third kappa shape index (κ3) is 3.60. The molecule has 2 saturated heterocycles. The third-order valence-electron chi connectivity index (χ3n) is 5.52. The van der Waals surface area contributed by atoms with Crippen LogP contribution in [0.1, 0.15) is 57.9 Å². The van der Waals surface area contributed by atoms with Crippen LogP contribution >= 0.6 is 0 Å². The highest BCUT2D eigenvalue weighted by Crippen LogP contribution is 2.40. The van der Waals surface area contributed by atoms with Gasteiger partial charge in [0.15, 0.2) is 0 Å². The topological polar surface area (TPSA) is 20.3 Å². The Morgan fingerprint density at radius 2 is 1.77 bits per heavy atom. The number of fused-ring (bicyclic) bond motifs is 2. The largest absolute Gasteiger partial charge is 0.299 e. The average Bonchev–Trinajstić information content (AvgIpc) is 2.74. The van der Waals surface area contributed by atoms with Crippen molar-refractivity contribution in [2.24, 2.45) is 11.8 Å². The molecule has 0 saturated carbocycles. The summed E-state index contributed by atoms with van der Waals surface area (Å²) in [5.41, 5.74) is 1.41. The van der Waals surface area contributed by atoms with Crippen molar-refractivity contribution >= 4 is 5.78 Å². The number of nitrogens with zero attached hydrogens (tertiary/aromatic N) is 1. The molecule has 2 heterocycles. The van der Waals surface area contributed by atoms with Gasteiger partial charge in [-0.3, -0.25) is 9.69 Å². The lowest BCUT2D eigenvalue weighted by atomic mass is 9.85. The molecule has 1 aromatic rings. The summed E-state index contributed by atoms with van der Waals surface area (Å²) in [7, 11) is 0. The Balaban J connectivity index is 1.58. The number of rotatable bonds is 6. The van der Waals surface area contributed by atoms with Crippen molar-refractivity contribution in [2.75, 3.05) is 0 Å². The fraction of sp³-hybridized carbons (Fsp3) is 0.650. The Labute approximate surface area is 134 Å². The first-order chi connectivity index (χ1) is 10.6. The molecular formula is C20H29NO. The Kier molecular flexibility index (Phi) is 4.97. The summed E-state index contributed by atoms with van der Waals surface area (Å²) < 4.78 is 0. The maximum Gasteiger partial charge on any atom is 0.136 e. The van der Waals surface area contributed by atoms with Crippen molar-refractivity contribution in [1.82, 2.24) is 4.90 Å². The number of benzene rings is 1. The SMILES string of the molecule is CC(C)CCC(=O)C1CC2CCC(C1)N2Cc1ccccc1. The van der Waals surface area contributed by atoms with Crippen LogP contribution in [-0.4, -0.2) is 22.8 Å². The molecule has 0 aromatic heterocycles. The highest BCUT2D eigenvalue weighted by atomic mass is 16.1. The van der Waals surface area contributed by atoms with Gasteiger partial charge >= 0.3 is 0 Å². The predicted molar refractivity (Wildman–Crippen MR) is 90.6 cm³/mol. The van der Waals surface area contributed by atoms with Crippen LogP contribution in [0.3, 0.4) is 0 Å². The summed E-state index contributed by atoms with van der Waals surface area (Å²) in [6.07, 6.45) is 6.61. The maximum atomic E-state index is 12.5. The van der Waals surface area contributed by atoms with Gasteiger partial charge in [0.1, 0.15) is 5.78 Å². The number of carbonyl (C=O) groups is 1. The molecule has 2 aliphatic rings. The lowest BCUT2D eigenvalue weighted by Crippen LogP contribution is -2.44. The molecule has 2 fully saturated rings. The van der Waals surface area contributed by atoms with Crippen LogP contribution in [0, 0.1) is 11.8 Å². The molecule has 0 radical (unpaired) electrons. The highest BCUT2D eigenvalue weighted by Gasteiger charge is 2.42. The van der Waals surface area contributed by atoms with Crippen LogP contribution in [-0.2, 0) is 11.3 Å². The molecule has 2 nitrogen and oxygen atoms in total. The van der Waals surface area contributed by atoms with Crippen LogP contribution in [0.4, 0.5) is 0 Å². The van der Waals surface area contributed by atoms with Gasteiger partial charge < -0.3 is 0 Å². The van der Waals surface area contributed by atoms with Crippen molar-refractivity contribution in [2.45, 2.75) is 71.0 Å². The molecule has 120 valence electrons. The smallest absolute Gasteiger partial charge is 0.136 e. The monoisotopic (exact) mass is 299 g/mol. The van der Waals surface area contributed by atoms with E-state index in [4.69, 9.17) is 0 Å². The number of Topliss-reactive ketones (excluding diaryl/α,β-unsaturated/α-hetero) is 1. The first-order valence-electron chi connectivity index (χ1n) is 8.96. The van der Waals surface area contributed by atoms with E-state index in [0.29, 0.717) is 29.7 Å². The van der Waals surface area contributed by atoms with Crippen LogP contribution < -0.4 is 0 Å². The second kappa shape index (κ2) is 6.95. The molecule has 2 atom stereocenters. The summed E-state index contributed by atoms with van der Waals surface area (Å²) in [5.74, 6) is 1.51. The molecule has 0 N–H and O–H groups in total. The van der Waals surface area contributed by atoms with E-state index in [1.54, 1.807) is 0 Å². The van der Waals surface area contributed by atoms with Gasteiger partial charge in [0.25, 0.3) is 0 Å². The molecule has 22 heavy (non-hydrogen) atoms. The number of hydrogen-bond acceptors (Lipinski definition) is 2. The zero-order valence-corrected chi connectivity index (χ0v) is 14.0. The Hall–Kier alpha value is -1.15. The van der Waals surface area contributed by atoms with Gasteiger partial charge in [-0.25, -0.2) is 0 Å². The average molecular weight is 299 g/mol. The van der Waals surface area contributed by atoms with Gasteiger partial charge in [0.2, 0.25) is 0 Å². The molecule has 2 unspecified atom stereocenters. The normalized spacial score (nSPS) is 28.2. The van der Waals surface area contributed by atoms with Crippen LogP contribution in [0.15, 0.2) is 30.3 Å². The molecule has 2 aliphatic heterocycles. The van der Waals surface area contributed by atoms with E-state index in [2.05, 4.69) is 49.1 Å². The van der Waals surface area contributed by atoms with E-state index in [1.807, 2.05) is 0 Å². The first kappa shape index (κ1) is 15.7. The lowest BCUT2D eigenvalue weighted by Gasteiger charge is -2.38. The molecule has 1 aromatic carbocycles. The van der Waals surface area contributed by atoms with Gasteiger partial charge in [-0.05, 0) is 43.6 Å². The minimum Gasteiger partial charge on any atom is -0.299 e. The van der Waals surface area contributed by atoms with E-state index in [0.717, 1.165) is 32.2 Å². The summed E-state index contributed by atoms with van der Waals surface area (Å²) in [4.78, 5) is 15.1. The summed E-state index contributed by atoms with van der Waals surface area (Å²) in [5, 5.41) is 0. The van der Waals surface area contributed by atoms with E-state index in [-0.39, 0.29) is 0 Å². The summed E-state index contributed by atoms with van der Waals surface area (Å²) >= 11 is 0. The van der Waals surface area contributed by atoms with Crippen LogP contribution in [0.2, 0.25) is 0 Å². The predicted octanol–water partition coefficient (Wildman–Crippen LogP) is 4.43. The van der Waals surface area contributed by atoms with Crippen molar-refractivity contribution < 1.29 is 4.79 Å². The van der Waals surface area contributed by atoms with Crippen molar-refractivity contribution in [1.29, 1.82) is 0 Å². The maximum absolute atomic E-state index is 12.5. The standard InChI is InChI=1S/C20H29NO/c1-15(2)8-11-20(22)17-12-18-9-10-19(13-17)21(18)14-16-6-4-3-5-7-16/h3-7,15,17-19H,8-14H2,1-2H3. The van der Waals surface area contributed by atoms with Gasteiger partial charge in [0.05, 0.1) is 0 Å². The molecule has 3 rings (SSSR count). The molecular weight excluding hydrogens is 270 g/mol. The Morgan fingerprint density at radius 1 is 1.14 bits per heavy atom. The molecule has 0 spiro atoms. The van der Waals surface area contributed by atoms with Gasteiger partial charge in [-0.2, -0.15) is 0 Å². The second-order valence-corrected chi connectivity index (χ2v) is 7.61. The van der Waals surface area contributed by atoms with Crippen molar-refractivity contribution in [3.05, 3.63) is 35.9 Å². The summed E-state index contributed by atoms with van der Waals surface area (Å²) in [6, 6.07) is 12.0. The Bertz CT molecular complexity index is 482. The zero-order valence-electron chi connectivity index (χ0n) is 14.0. The zero-order chi connectivity index (χ0) is 15.5. The molecule has 0 amide bonds. The third-order valence-corrected chi connectivity index (χ3v) is 5.52. The molecule has 2 bridgehead atoms. The number of ketones is 1. The quantitative estimate of drug-likeness (QED) is 0.774. The van der Waals surface area contributed by atoms with Gasteiger partial charge in [0, 0.05) is 31.0 Å². The minimum atomic E-state index is 0.336. The second-order valence-electron chi connectivity index (χ2n) is 7.61. The fourth-order valence-electron chi connectivity index (χ4n) is 4.22.